The Morgan fingerprint density at radius 2 is 1.72 bits per heavy atom. The van der Waals surface area contributed by atoms with Gasteiger partial charge in [-0.05, 0) is 69.5 Å². The highest BCUT2D eigenvalue weighted by Gasteiger charge is 2.26. The van der Waals surface area contributed by atoms with Gasteiger partial charge < -0.3 is 4.74 Å². The lowest BCUT2D eigenvalue weighted by Gasteiger charge is -2.26. The average molecular weight is 395 g/mol. The maximum Gasteiger partial charge on any atom is 0.130 e. The minimum atomic E-state index is 0.893. The molecule has 0 spiro atoms. The number of rotatable bonds is 10. The molecule has 3 nitrogen and oxygen atoms in total. The molecular weight excluding hydrogens is 356 g/mol. The highest BCUT2D eigenvalue weighted by molar-refractivity contribution is 5.73. The van der Waals surface area contributed by atoms with Crippen LogP contribution < -0.4 is 4.74 Å². The fourth-order valence-electron chi connectivity index (χ4n) is 4.51. The van der Waals surface area contributed by atoms with Crippen LogP contribution >= 0.6 is 0 Å². The van der Waals surface area contributed by atoms with Crippen LogP contribution in [-0.2, 0) is 19.4 Å². The van der Waals surface area contributed by atoms with Crippen LogP contribution in [-0.4, -0.2) is 30.1 Å². The standard InChI is InChI=1S/C26H38N2O/c1-7-15-28(16-20-13-14-20)17-23-19(5)27-25(18(4)26(23)29-6)24-21(8-2)11-10-12-22(24)9-3/h10-12,20H,7-9,13-17H2,1-6H3. The summed E-state index contributed by atoms with van der Waals surface area (Å²) < 4.78 is 6.00. The number of aryl methyl sites for hydroxylation is 3. The van der Waals surface area contributed by atoms with E-state index in [-0.39, 0.29) is 0 Å². The molecule has 1 heterocycles. The Morgan fingerprint density at radius 1 is 1.07 bits per heavy atom. The summed E-state index contributed by atoms with van der Waals surface area (Å²) in [5.41, 5.74) is 8.69. The van der Waals surface area contributed by atoms with Crippen molar-refractivity contribution in [1.82, 2.24) is 9.88 Å². The van der Waals surface area contributed by atoms with Crippen LogP contribution in [0.5, 0.6) is 5.75 Å². The first kappa shape index (κ1) is 21.8. The zero-order chi connectivity index (χ0) is 21.0. The summed E-state index contributed by atoms with van der Waals surface area (Å²) in [6, 6.07) is 6.66. The quantitative estimate of drug-likeness (QED) is 0.485. The molecule has 1 aliphatic carbocycles. The van der Waals surface area contributed by atoms with Crippen molar-refractivity contribution in [3.05, 3.63) is 46.1 Å². The van der Waals surface area contributed by atoms with Gasteiger partial charge in [-0.3, -0.25) is 9.88 Å². The normalized spacial score (nSPS) is 13.9. The Kier molecular flexibility index (Phi) is 7.34. The highest BCUT2D eigenvalue weighted by atomic mass is 16.5. The Hall–Kier alpha value is -1.87. The molecular formula is C26H38N2O. The molecule has 1 aliphatic rings. The first-order valence-electron chi connectivity index (χ1n) is 11.4. The molecule has 29 heavy (non-hydrogen) atoms. The number of pyridine rings is 1. The second-order valence-corrected chi connectivity index (χ2v) is 8.52. The van der Waals surface area contributed by atoms with Crippen molar-refractivity contribution >= 4 is 0 Å². The zero-order valence-corrected chi connectivity index (χ0v) is 19.3. The van der Waals surface area contributed by atoms with E-state index in [1.165, 1.54) is 53.6 Å². The second kappa shape index (κ2) is 9.75. The summed E-state index contributed by atoms with van der Waals surface area (Å²) in [5.74, 6) is 1.92. The molecule has 0 aliphatic heterocycles. The summed E-state index contributed by atoms with van der Waals surface area (Å²) in [6.07, 6.45) is 5.99. The third kappa shape index (κ3) is 4.83. The van der Waals surface area contributed by atoms with Gasteiger partial charge in [0.25, 0.3) is 0 Å². The number of aromatic nitrogens is 1. The molecule has 3 rings (SSSR count). The number of hydrogen-bond acceptors (Lipinski definition) is 3. The number of nitrogens with zero attached hydrogens (tertiary/aromatic N) is 2. The van der Waals surface area contributed by atoms with Gasteiger partial charge in [0.05, 0.1) is 12.8 Å². The molecule has 3 heteroatoms. The van der Waals surface area contributed by atoms with Crippen LogP contribution in [0.3, 0.4) is 0 Å². The SMILES string of the molecule is CCCN(Cc1c(C)nc(-c2c(CC)cccc2CC)c(C)c1OC)CC1CC1. The number of methoxy groups -OCH3 is 1. The van der Waals surface area contributed by atoms with Crippen molar-refractivity contribution in [2.24, 2.45) is 5.92 Å². The van der Waals surface area contributed by atoms with Crippen molar-refractivity contribution in [1.29, 1.82) is 0 Å². The predicted octanol–water partition coefficient (Wildman–Crippen LogP) is 6.12. The molecule has 0 radical (unpaired) electrons. The largest absolute Gasteiger partial charge is 0.496 e. The van der Waals surface area contributed by atoms with E-state index in [1.807, 2.05) is 7.11 Å². The van der Waals surface area contributed by atoms with Crippen molar-refractivity contribution in [2.45, 2.75) is 73.3 Å². The Balaban J connectivity index is 2.06. The number of hydrogen-bond donors (Lipinski definition) is 0. The van der Waals surface area contributed by atoms with E-state index < -0.39 is 0 Å². The molecule has 0 saturated heterocycles. The summed E-state index contributed by atoms with van der Waals surface area (Å²) >= 11 is 0. The second-order valence-electron chi connectivity index (χ2n) is 8.52. The minimum absolute atomic E-state index is 0.893. The summed E-state index contributed by atoms with van der Waals surface area (Å²) in [6.45, 7) is 14.3. The predicted molar refractivity (Wildman–Crippen MR) is 123 cm³/mol. The molecule has 0 amide bonds. The monoisotopic (exact) mass is 394 g/mol. The van der Waals surface area contributed by atoms with Crippen LogP contribution in [0.15, 0.2) is 18.2 Å². The minimum Gasteiger partial charge on any atom is -0.496 e. The van der Waals surface area contributed by atoms with Gasteiger partial charge in [-0.15, -0.1) is 0 Å². The van der Waals surface area contributed by atoms with Crippen molar-refractivity contribution in [3.63, 3.8) is 0 Å². The first-order valence-corrected chi connectivity index (χ1v) is 11.4. The van der Waals surface area contributed by atoms with Gasteiger partial charge in [0.1, 0.15) is 5.75 Å². The third-order valence-electron chi connectivity index (χ3n) is 6.26. The van der Waals surface area contributed by atoms with Gasteiger partial charge in [0.2, 0.25) is 0 Å². The van der Waals surface area contributed by atoms with Crippen LogP contribution in [0.2, 0.25) is 0 Å². The fraction of sp³-hybridized carbons (Fsp3) is 0.577. The maximum atomic E-state index is 6.00. The molecule has 0 N–H and O–H groups in total. The molecule has 2 aromatic rings. The van der Waals surface area contributed by atoms with E-state index >= 15 is 0 Å². The van der Waals surface area contributed by atoms with E-state index in [0.29, 0.717) is 0 Å². The maximum absolute atomic E-state index is 6.00. The lowest BCUT2D eigenvalue weighted by atomic mass is 9.91. The van der Waals surface area contributed by atoms with Crippen LogP contribution in [0, 0.1) is 19.8 Å². The summed E-state index contributed by atoms with van der Waals surface area (Å²) in [4.78, 5) is 7.77. The van der Waals surface area contributed by atoms with Crippen molar-refractivity contribution < 1.29 is 4.74 Å². The molecule has 0 atom stereocenters. The van der Waals surface area contributed by atoms with E-state index in [0.717, 1.165) is 49.0 Å². The van der Waals surface area contributed by atoms with Gasteiger partial charge in [0.15, 0.2) is 0 Å². The molecule has 0 unspecified atom stereocenters. The summed E-state index contributed by atoms with van der Waals surface area (Å²) in [5, 5.41) is 0. The first-order chi connectivity index (χ1) is 14.0. The Bertz CT molecular complexity index is 817. The van der Waals surface area contributed by atoms with Crippen LogP contribution in [0.25, 0.3) is 11.3 Å². The Labute approximate surface area is 177 Å². The summed E-state index contributed by atoms with van der Waals surface area (Å²) in [7, 11) is 1.81. The average Bonchev–Trinajstić information content (AvgIpc) is 3.54. The fourth-order valence-corrected chi connectivity index (χ4v) is 4.51. The molecule has 1 fully saturated rings. The molecule has 1 aromatic carbocycles. The molecule has 1 saturated carbocycles. The van der Waals surface area contributed by atoms with Crippen molar-refractivity contribution in [2.75, 3.05) is 20.2 Å². The smallest absolute Gasteiger partial charge is 0.130 e. The molecule has 0 bridgehead atoms. The highest BCUT2D eigenvalue weighted by Crippen LogP contribution is 2.38. The van der Waals surface area contributed by atoms with Gasteiger partial charge in [-0.1, -0.05) is 39.0 Å². The van der Waals surface area contributed by atoms with E-state index in [1.54, 1.807) is 0 Å². The van der Waals surface area contributed by atoms with Gasteiger partial charge in [-0.25, -0.2) is 0 Å². The number of ether oxygens (including phenoxy) is 1. The van der Waals surface area contributed by atoms with Crippen LogP contribution in [0.4, 0.5) is 0 Å². The number of benzene rings is 1. The molecule has 1 aromatic heterocycles. The van der Waals surface area contributed by atoms with E-state index in [4.69, 9.17) is 9.72 Å². The van der Waals surface area contributed by atoms with E-state index in [9.17, 15) is 0 Å². The van der Waals surface area contributed by atoms with Crippen molar-refractivity contribution in [3.8, 4) is 17.0 Å². The van der Waals surface area contributed by atoms with Gasteiger partial charge in [-0.2, -0.15) is 0 Å². The third-order valence-corrected chi connectivity index (χ3v) is 6.26. The Morgan fingerprint density at radius 3 is 2.24 bits per heavy atom. The van der Waals surface area contributed by atoms with Crippen LogP contribution in [0.1, 0.15) is 68.0 Å². The van der Waals surface area contributed by atoms with Gasteiger partial charge >= 0.3 is 0 Å². The lowest BCUT2D eigenvalue weighted by Crippen LogP contribution is -2.27. The molecule has 158 valence electrons. The van der Waals surface area contributed by atoms with Gasteiger partial charge in [0, 0.05) is 35.5 Å². The van der Waals surface area contributed by atoms with E-state index in [2.05, 4.69) is 57.7 Å². The lowest BCUT2D eigenvalue weighted by molar-refractivity contribution is 0.250. The topological polar surface area (TPSA) is 25.4 Å². The zero-order valence-electron chi connectivity index (χ0n) is 19.3.